The van der Waals surface area contributed by atoms with Gasteiger partial charge in [-0.1, -0.05) is 36.4 Å². The Morgan fingerprint density at radius 1 is 1.25 bits per heavy atom. The molecule has 1 amide bonds. The highest BCUT2D eigenvalue weighted by molar-refractivity contribution is 7.13. The molecule has 0 radical (unpaired) electrons. The predicted molar refractivity (Wildman–Crippen MR) is 107 cm³/mol. The summed E-state index contributed by atoms with van der Waals surface area (Å²) in [6, 6.07) is 17.7. The van der Waals surface area contributed by atoms with Crippen LogP contribution >= 0.6 is 11.3 Å². The van der Waals surface area contributed by atoms with Crippen molar-refractivity contribution in [2.75, 3.05) is 5.32 Å². The Balaban J connectivity index is 1.68. The van der Waals surface area contributed by atoms with Crippen LogP contribution in [0.1, 0.15) is 21.6 Å². The zero-order valence-corrected chi connectivity index (χ0v) is 15.8. The molecule has 0 spiro atoms. The standard InChI is InChI=1S/C20H16N6OS/c1-25-17(11-21)15(12-22-25)20(27)23-19-10-16(18-8-5-9-28-18)24-26(19)13-14-6-3-2-4-7-14/h2-10,12H,13H2,1H3,(H,23,27). The van der Waals surface area contributed by atoms with E-state index in [9.17, 15) is 10.1 Å². The van der Waals surface area contributed by atoms with E-state index < -0.39 is 5.91 Å². The van der Waals surface area contributed by atoms with Crippen molar-refractivity contribution in [3.8, 4) is 16.6 Å². The van der Waals surface area contributed by atoms with Gasteiger partial charge < -0.3 is 5.32 Å². The zero-order chi connectivity index (χ0) is 19.5. The number of amides is 1. The van der Waals surface area contributed by atoms with Crippen LogP contribution in [0.2, 0.25) is 0 Å². The van der Waals surface area contributed by atoms with E-state index in [2.05, 4.69) is 15.5 Å². The molecule has 4 rings (SSSR count). The zero-order valence-electron chi connectivity index (χ0n) is 15.0. The van der Waals surface area contributed by atoms with Crippen molar-refractivity contribution in [3.05, 3.63) is 76.9 Å². The summed E-state index contributed by atoms with van der Waals surface area (Å²) >= 11 is 1.58. The highest BCUT2D eigenvalue weighted by atomic mass is 32.1. The summed E-state index contributed by atoms with van der Waals surface area (Å²) in [7, 11) is 1.63. The van der Waals surface area contributed by atoms with Gasteiger partial charge in [0.25, 0.3) is 5.91 Å². The van der Waals surface area contributed by atoms with Crippen LogP contribution in [-0.4, -0.2) is 25.5 Å². The highest BCUT2D eigenvalue weighted by Gasteiger charge is 2.19. The number of carbonyl (C=O) groups is 1. The minimum atomic E-state index is -0.392. The Labute approximate surface area is 165 Å². The summed E-state index contributed by atoms with van der Waals surface area (Å²) in [5.74, 6) is 0.168. The molecule has 3 heterocycles. The maximum Gasteiger partial charge on any atom is 0.261 e. The van der Waals surface area contributed by atoms with Crippen molar-refractivity contribution in [2.24, 2.45) is 7.05 Å². The van der Waals surface area contributed by atoms with Crippen molar-refractivity contribution in [2.45, 2.75) is 6.54 Å². The second kappa shape index (κ2) is 7.50. The van der Waals surface area contributed by atoms with Crippen molar-refractivity contribution in [3.63, 3.8) is 0 Å². The summed E-state index contributed by atoms with van der Waals surface area (Å²) in [6.07, 6.45) is 1.39. The molecule has 0 saturated heterocycles. The fraction of sp³-hybridized carbons (Fsp3) is 0.100. The summed E-state index contributed by atoms with van der Waals surface area (Å²) < 4.78 is 3.14. The van der Waals surface area contributed by atoms with Crippen LogP contribution < -0.4 is 5.32 Å². The fourth-order valence-electron chi connectivity index (χ4n) is 2.86. The number of nitriles is 1. The molecular weight excluding hydrogens is 372 g/mol. The van der Waals surface area contributed by atoms with E-state index in [4.69, 9.17) is 0 Å². The molecule has 28 heavy (non-hydrogen) atoms. The minimum absolute atomic E-state index is 0.213. The molecule has 8 heteroatoms. The Hall–Kier alpha value is -3.70. The van der Waals surface area contributed by atoms with Gasteiger partial charge in [0.1, 0.15) is 17.6 Å². The second-order valence-electron chi connectivity index (χ2n) is 6.13. The first-order chi connectivity index (χ1) is 13.7. The number of thiophene rings is 1. The Kier molecular flexibility index (Phi) is 4.74. The monoisotopic (exact) mass is 388 g/mol. The van der Waals surface area contributed by atoms with Gasteiger partial charge in [-0.05, 0) is 17.0 Å². The Morgan fingerprint density at radius 3 is 2.79 bits per heavy atom. The lowest BCUT2D eigenvalue weighted by Gasteiger charge is -2.08. The molecule has 7 nitrogen and oxygen atoms in total. The number of aryl methyl sites for hydroxylation is 1. The topological polar surface area (TPSA) is 88.5 Å². The van der Waals surface area contributed by atoms with Crippen LogP contribution in [-0.2, 0) is 13.6 Å². The van der Waals surface area contributed by atoms with Gasteiger partial charge in [-0.2, -0.15) is 15.5 Å². The molecule has 1 N–H and O–H groups in total. The quantitative estimate of drug-likeness (QED) is 0.567. The number of aromatic nitrogens is 4. The van der Waals surface area contributed by atoms with E-state index in [0.29, 0.717) is 12.4 Å². The van der Waals surface area contributed by atoms with Crippen molar-refractivity contribution >= 4 is 23.1 Å². The molecule has 4 aromatic rings. The molecule has 0 unspecified atom stereocenters. The van der Waals surface area contributed by atoms with E-state index in [1.165, 1.54) is 10.9 Å². The van der Waals surface area contributed by atoms with Crippen LogP contribution in [0, 0.1) is 11.3 Å². The first-order valence-corrected chi connectivity index (χ1v) is 9.43. The van der Waals surface area contributed by atoms with Gasteiger partial charge in [0, 0.05) is 13.1 Å². The average Bonchev–Trinajstić information content (AvgIpc) is 3.43. The molecule has 1 aromatic carbocycles. The third-order valence-electron chi connectivity index (χ3n) is 4.26. The first kappa shape index (κ1) is 17.7. The number of benzene rings is 1. The van der Waals surface area contributed by atoms with Crippen molar-refractivity contribution in [1.82, 2.24) is 19.6 Å². The van der Waals surface area contributed by atoms with Crippen LogP contribution in [0.4, 0.5) is 5.82 Å². The van der Waals surface area contributed by atoms with Gasteiger partial charge in [-0.25, -0.2) is 4.68 Å². The van der Waals surface area contributed by atoms with Gasteiger partial charge in [0.05, 0.1) is 23.2 Å². The molecule has 0 fully saturated rings. The van der Waals surface area contributed by atoms with Crippen LogP contribution in [0.15, 0.2) is 60.1 Å². The molecule has 138 valence electrons. The van der Waals surface area contributed by atoms with Gasteiger partial charge in [0.2, 0.25) is 0 Å². The third-order valence-corrected chi connectivity index (χ3v) is 5.15. The van der Waals surface area contributed by atoms with Gasteiger partial charge in [0.15, 0.2) is 5.69 Å². The molecule has 0 aliphatic carbocycles. The second-order valence-corrected chi connectivity index (χ2v) is 7.08. The molecule has 0 atom stereocenters. The minimum Gasteiger partial charge on any atom is -0.307 e. The SMILES string of the molecule is Cn1ncc(C(=O)Nc2cc(-c3cccs3)nn2Cc2ccccc2)c1C#N. The number of rotatable bonds is 5. The highest BCUT2D eigenvalue weighted by Crippen LogP contribution is 2.27. The number of nitrogens with zero attached hydrogens (tertiary/aromatic N) is 5. The molecule has 0 saturated carbocycles. The van der Waals surface area contributed by atoms with Crippen LogP contribution in [0.3, 0.4) is 0 Å². The Morgan fingerprint density at radius 2 is 2.07 bits per heavy atom. The van der Waals surface area contributed by atoms with Crippen molar-refractivity contribution in [1.29, 1.82) is 5.26 Å². The summed E-state index contributed by atoms with van der Waals surface area (Å²) in [5.41, 5.74) is 2.30. The van der Waals surface area contributed by atoms with E-state index in [-0.39, 0.29) is 11.3 Å². The summed E-state index contributed by atoms with van der Waals surface area (Å²) in [4.78, 5) is 13.8. The maximum absolute atomic E-state index is 12.8. The molecule has 0 aliphatic rings. The predicted octanol–water partition coefficient (Wildman–Crippen LogP) is 3.52. The lowest BCUT2D eigenvalue weighted by molar-refractivity contribution is 0.102. The molecule has 0 aliphatic heterocycles. The van der Waals surface area contributed by atoms with E-state index in [1.54, 1.807) is 23.1 Å². The van der Waals surface area contributed by atoms with Crippen LogP contribution in [0.25, 0.3) is 10.6 Å². The number of anilines is 1. The molecular formula is C20H16N6OS. The van der Waals surface area contributed by atoms with Gasteiger partial charge in [-0.3, -0.25) is 9.48 Å². The maximum atomic E-state index is 12.8. The summed E-state index contributed by atoms with van der Waals surface area (Å²) in [5, 5.41) is 22.8. The van der Waals surface area contributed by atoms with Crippen molar-refractivity contribution < 1.29 is 4.79 Å². The molecule has 0 bridgehead atoms. The largest absolute Gasteiger partial charge is 0.307 e. The van der Waals surface area contributed by atoms with E-state index in [0.717, 1.165) is 16.1 Å². The summed E-state index contributed by atoms with van der Waals surface area (Å²) in [6.45, 7) is 0.514. The smallest absolute Gasteiger partial charge is 0.261 e. The van der Waals surface area contributed by atoms with E-state index >= 15 is 0 Å². The molecule has 3 aromatic heterocycles. The number of hydrogen-bond acceptors (Lipinski definition) is 5. The fourth-order valence-corrected chi connectivity index (χ4v) is 3.54. The lowest BCUT2D eigenvalue weighted by atomic mass is 10.2. The Bertz CT molecular complexity index is 1150. The van der Waals surface area contributed by atoms with Gasteiger partial charge >= 0.3 is 0 Å². The first-order valence-electron chi connectivity index (χ1n) is 8.55. The van der Waals surface area contributed by atoms with Crippen LogP contribution in [0.5, 0.6) is 0 Å². The number of carbonyl (C=O) groups excluding carboxylic acids is 1. The average molecular weight is 388 g/mol. The number of nitrogens with one attached hydrogen (secondary N) is 1. The normalized spacial score (nSPS) is 10.6. The van der Waals surface area contributed by atoms with Gasteiger partial charge in [-0.15, -0.1) is 11.3 Å². The lowest BCUT2D eigenvalue weighted by Crippen LogP contribution is -2.17. The number of hydrogen-bond donors (Lipinski definition) is 1. The van der Waals surface area contributed by atoms with E-state index in [1.807, 2.05) is 60.0 Å². The third kappa shape index (κ3) is 3.43.